The van der Waals surface area contributed by atoms with Crippen molar-refractivity contribution in [2.24, 2.45) is 11.8 Å². The van der Waals surface area contributed by atoms with Crippen molar-refractivity contribution >= 4 is 35.5 Å². The van der Waals surface area contributed by atoms with Gasteiger partial charge in [0.05, 0.1) is 18.6 Å². The molecule has 0 aromatic rings. The number of esters is 2. The second kappa shape index (κ2) is 7.53. The molecule has 8 nitrogen and oxygen atoms in total. The van der Waals surface area contributed by atoms with Crippen LogP contribution in [0.3, 0.4) is 0 Å². The fraction of sp³-hybridized carbons (Fsp3) is 0.667. The molecule has 3 rings (SSSR count). The summed E-state index contributed by atoms with van der Waals surface area (Å²) in [6, 6.07) is -0.251. The van der Waals surface area contributed by atoms with Crippen molar-refractivity contribution in [3.63, 3.8) is 0 Å². The fourth-order valence-electron chi connectivity index (χ4n) is 4.03. The summed E-state index contributed by atoms with van der Waals surface area (Å²) < 4.78 is 10.4. The zero-order chi connectivity index (χ0) is 19.9. The Morgan fingerprint density at radius 1 is 1.37 bits per heavy atom. The maximum absolute atomic E-state index is 12.8. The monoisotopic (exact) mass is 396 g/mol. The van der Waals surface area contributed by atoms with Crippen molar-refractivity contribution in [2.45, 2.75) is 51.5 Å². The second-order valence-electron chi connectivity index (χ2n) is 7.01. The molecule has 9 heteroatoms. The van der Waals surface area contributed by atoms with Gasteiger partial charge in [0.1, 0.15) is 11.8 Å². The van der Waals surface area contributed by atoms with Crippen LogP contribution in [-0.2, 0) is 28.7 Å². The standard InChI is InChI=1S/C18H24N2O6S/c1-5-25-18(24)15-16(27-11-6-12(22)19-7-11)8(2)14-13(17(23)20(14)15)9(3)26-10(4)21/h8-9,11,13-14H,5-7H2,1-4H3,(H,19,22)/t8-,9-,11-,13-,14-/m1/s1. The first-order valence-electron chi connectivity index (χ1n) is 9.11. The summed E-state index contributed by atoms with van der Waals surface area (Å²) in [5.74, 6) is -1.82. The van der Waals surface area contributed by atoms with E-state index >= 15 is 0 Å². The molecule has 148 valence electrons. The number of hydrogen-bond acceptors (Lipinski definition) is 7. The molecule has 5 atom stereocenters. The number of nitrogens with zero attached hydrogens (tertiary/aromatic N) is 1. The first-order chi connectivity index (χ1) is 12.8. The van der Waals surface area contributed by atoms with E-state index in [2.05, 4.69) is 5.32 Å². The van der Waals surface area contributed by atoms with Crippen molar-refractivity contribution < 1.29 is 28.7 Å². The molecule has 0 aliphatic carbocycles. The Kier molecular flexibility index (Phi) is 5.50. The Labute approximate surface area is 162 Å². The maximum atomic E-state index is 12.8. The van der Waals surface area contributed by atoms with Crippen LogP contribution in [0.2, 0.25) is 0 Å². The van der Waals surface area contributed by atoms with E-state index in [1.807, 2.05) is 6.92 Å². The minimum atomic E-state index is -0.568. The number of nitrogens with one attached hydrogen (secondary N) is 1. The van der Waals surface area contributed by atoms with Gasteiger partial charge in [-0.15, -0.1) is 11.8 Å². The summed E-state index contributed by atoms with van der Waals surface area (Å²) in [6.07, 6.45) is -0.190. The lowest BCUT2D eigenvalue weighted by Gasteiger charge is -2.47. The highest BCUT2D eigenvalue weighted by atomic mass is 32.2. The van der Waals surface area contributed by atoms with Crippen molar-refractivity contribution in [3.05, 3.63) is 10.6 Å². The Hall–Kier alpha value is -2.03. The van der Waals surface area contributed by atoms with Gasteiger partial charge in [0.25, 0.3) is 0 Å². The van der Waals surface area contributed by atoms with Gasteiger partial charge in [0.2, 0.25) is 11.8 Å². The lowest BCUT2D eigenvalue weighted by Crippen LogP contribution is -2.64. The molecular formula is C18H24N2O6S. The molecule has 0 radical (unpaired) electrons. The van der Waals surface area contributed by atoms with Gasteiger partial charge in [-0.1, -0.05) is 6.92 Å². The minimum Gasteiger partial charge on any atom is -0.462 e. The number of β-lactam (4-membered cyclic amide) rings is 1. The zero-order valence-electron chi connectivity index (χ0n) is 15.8. The predicted octanol–water partition coefficient (Wildman–Crippen LogP) is 0.811. The maximum Gasteiger partial charge on any atom is 0.355 e. The van der Waals surface area contributed by atoms with E-state index in [1.165, 1.54) is 23.6 Å². The number of rotatable bonds is 6. The Morgan fingerprint density at radius 2 is 2.07 bits per heavy atom. The molecule has 3 aliphatic rings. The fourth-order valence-corrected chi connectivity index (χ4v) is 5.44. The molecule has 0 aromatic carbocycles. The Bertz CT molecular complexity index is 721. The van der Waals surface area contributed by atoms with E-state index in [4.69, 9.17) is 9.47 Å². The van der Waals surface area contributed by atoms with Crippen molar-refractivity contribution in [3.8, 4) is 0 Å². The van der Waals surface area contributed by atoms with Gasteiger partial charge in [0.15, 0.2) is 0 Å². The number of thioether (sulfide) groups is 1. The smallest absolute Gasteiger partial charge is 0.355 e. The normalized spacial score (nSPS) is 30.6. The summed E-state index contributed by atoms with van der Waals surface area (Å²) in [5.41, 5.74) is 0.273. The molecule has 0 spiro atoms. The van der Waals surface area contributed by atoms with Crippen molar-refractivity contribution in [2.75, 3.05) is 13.2 Å². The topological polar surface area (TPSA) is 102 Å². The largest absolute Gasteiger partial charge is 0.462 e. The Balaban J connectivity index is 1.87. The van der Waals surface area contributed by atoms with Gasteiger partial charge in [0, 0.05) is 36.0 Å². The lowest BCUT2D eigenvalue weighted by atomic mass is 9.79. The average molecular weight is 396 g/mol. The van der Waals surface area contributed by atoms with E-state index in [-0.39, 0.29) is 41.3 Å². The van der Waals surface area contributed by atoms with Crippen molar-refractivity contribution in [1.82, 2.24) is 10.2 Å². The van der Waals surface area contributed by atoms with E-state index in [1.54, 1.807) is 13.8 Å². The quantitative estimate of drug-likeness (QED) is 0.524. The highest BCUT2D eigenvalue weighted by molar-refractivity contribution is 8.03. The minimum absolute atomic E-state index is 0.0116. The van der Waals surface area contributed by atoms with Crippen LogP contribution in [0.1, 0.15) is 34.1 Å². The predicted molar refractivity (Wildman–Crippen MR) is 97.2 cm³/mol. The first kappa shape index (κ1) is 19.7. The SMILES string of the molecule is CCOC(=O)C1=C(S[C@H]2CNC(=O)C2)[C@H](C)[C@@H]2[C@@H]([C@@H](C)OC(C)=O)C(=O)N12. The molecule has 0 bridgehead atoms. The van der Waals surface area contributed by atoms with Crippen LogP contribution in [0.5, 0.6) is 0 Å². The number of amides is 2. The molecule has 3 heterocycles. The third kappa shape index (κ3) is 3.44. The van der Waals surface area contributed by atoms with Crippen LogP contribution in [0.4, 0.5) is 0 Å². The number of hydrogen-bond donors (Lipinski definition) is 1. The third-order valence-electron chi connectivity index (χ3n) is 5.15. The van der Waals surface area contributed by atoms with Crippen LogP contribution in [0.25, 0.3) is 0 Å². The van der Waals surface area contributed by atoms with Crippen LogP contribution < -0.4 is 5.32 Å². The number of fused-ring (bicyclic) bond motifs is 1. The molecule has 3 aliphatic heterocycles. The molecule has 2 saturated heterocycles. The van der Waals surface area contributed by atoms with Gasteiger partial charge in [-0.3, -0.25) is 14.4 Å². The summed E-state index contributed by atoms with van der Waals surface area (Å²) in [6.45, 7) is 7.41. The molecule has 2 amide bonds. The van der Waals surface area contributed by atoms with Crippen LogP contribution in [0, 0.1) is 11.8 Å². The highest BCUT2D eigenvalue weighted by Crippen LogP contribution is 2.52. The third-order valence-corrected chi connectivity index (χ3v) is 6.63. The van der Waals surface area contributed by atoms with Crippen LogP contribution in [-0.4, -0.2) is 59.2 Å². The molecule has 0 saturated carbocycles. The van der Waals surface area contributed by atoms with Crippen LogP contribution >= 0.6 is 11.8 Å². The van der Waals surface area contributed by atoms with Crippen molar-refractivity contribution in [1.29, 1.82) is 0 Å². The van der Waals surface area contributed by atoms with Crippen LogP contribution in [0.15, 0.2) is 10.6 Å². The first-order valence-corrected chi connectivity index (χ1v) is 9.99. The van der Waals surface area contributed by atoms with E-state index in [9.17, 15) is 19.2 Å². The molecule has 0 unspecified atom stereocenters. The van der Waals surface area contributed by atoms with E-state index in [0.717, 1.165) is 4.91 Å². The van der Waals surface area contributed by atoms with Gasteiger partial charge in [-0.2, -0.15) is 0 Å². The van der Waals surface area contributed by atoms with Gasteiger partial charge in [-0.25, -0.2) is 4.79 Å². The summed E-state index contributed by atoms with van der Waals surface area (Å²) in [4.78, 5) is 50.4. The molecule has 27 heavy (non-hydrogen) atoms. The zero-order valence-corrected chi connectivity index (χ0v) is 16.6. The molecule has 0 aromatic heterocycles. The highest BCUT2D eigenvalue weighted by Gasteiger charge is 2.61. The number of carbonyl (C=O) groups is 4. The molecule has 1 N–H and O–H groups in total. The summed E-state index contributed by atoms with van der Waals surface area (Å²) >= 11 is 1.46. The lowest BCUT2D eigenvalue weighted by molar-refractivity contribution is -0.171. The average Bonchev–Trinajstić information content (AvgIpc) is 3.08. The molecular weight excluding hydrogens is 372 g/mol. The summed E-state index contributed by atoms with van der Waals surface area (Å²) in [7, 11) is 0. The number of carbonyl (C=O) groups excluding carboxylic acids is 4. The van der Waals surface area contributed by atoms with E-state index in [0.29, 0.717) is 13.0 Å². The van der Waals surface area contributed by atoms with E-state index < -0.39 is 24.0 Å². The Morgan fingerprint density at radius 3 is 2.63 bits per heavy atom. The summed E-state index contributed by atoms with van der Waals surface area (Å²) in [5, 5.41) is 2.80. The number of ether oxygens (including phenoxy) is 2. The van der Waals surface area contributed by atoms with Gasteiger partial charge in [-0.05, 0) is 13.8 Å². The second-order valence-corrected chi connectivity index (χ2v) is 8.35. The van der Waals surface area contributed by atoms with Gasteiger partial charge >= 0.3 is 11.9 Å². The van der Waals surface area contributed by atoms with Gasteiger partial charge < -0.3 is 19.7 Å². The molecule has 2 fully saturated rings.